The van der Waals surface area contributed by atoms with Crippen molar-refractivity contribution < 1.29 is 19.1 Å². The standard InChI is InChI=1S/C22H27N5O4/c1-22(2)30-17-7-6-16(15-18(17)31-22)25-21(29)24-10-8-20(28)27-13-11-26(12-14-27)19-5-3-4-9-23-19/h3-7,9,15H,8,10-14H2,1-2H3,(H2,24,25,29). The zero-order chi connectivity index (χ0) is 21.8. The number of ether oxygens (including phenoxy) is 2. The Morgan fingerprint density at radius 1 is 1.06 bits per heavy atom. The molecule has 2 aromatic rings. The minimum absolute atomic E-state index is 0.0336. The molecule has 2 aliphatic heterocycles. The molecule has 0 bridgehead atoms. The molecule has 4 rings (SSSR count). The minimum Gasteiger partial charge on any atom is -0.449 e. The topological polar surface area (TPSA) is 96.0 Å². The number of nitrogens with one attached hydrogen (secondary N) is 2. The van der Waals surface area contributed by atoms with E-state index in [1.807, 2.05) is 36.9 Å². The number of carbonyl (C=O) groups is 2. The van der Waals surface area contributed by atoms with Crippen LogP contribution in [-0.4, -0.2) is 60.3 Å². The lowest BCUT2D eigenvalue weighted by Gasteiger charge is -2.35. The van der Waals surface area contributed by atoms with E-state index in [9.17, 15) is 9.59 Å². The molecule has 31 heavy (non-hydrogen) atoms. The molecule has 0 spiro atoms. The van der Waals surface area contributed by atoms with Gasteiger partial charge in [0.2, 0.25) is 11.7 Å². The number of anilines is 2. The third kappa shape index (κ3) is 5.17. The highest BCUT2D eigenvalue weighted by Crippen LogP contribution is 2.40. The molecular formula is C22H27N5O4. The van der Waals surface area contributed by atoms with E-state index >= 15 is 0 Å². The van der Waals surface area contributed by atoms with Crippen molar-refractivity contribution in [3.63, 3.8) is 0 Å². The molecule has 0 aliphatic carbocycles. The molecule has 9 nitrogen and oxygen atoms in total. The quantitative estimate of drug-likeness (QED) is 0.764. The van der Waals surface area contributed by atoms with Gasteiger partial charge in [-0.25, -0.2) is 9.78 Å². The Hall–Kier alpha value is -3.49. The van der Waals surface area contributed by atoms with Crippen LogP contribution in [0.4, 0.5) is 16.3 Å². The van der Waals surface area contributed by atoms with Gasteiger partial charge in [-0.1, -0.05) is 6.07 Å². The molecule has 2 aliphatic rings. The molecule has 0 atom stereocenters. The average Bonchev–Trinajstić information content (AvgIpc) is 3.07. The summed E-state index contributed by atoms with van der Waals surface area (Å²) >= 11 is 0. The van der Waals surface area contributed by atoms with Gasteiger partial charge in [-0.05, 0) is 24.3 Å². The van der Waals surface area contributed by atoms with Crippen molar-refractivity contribution in [2.75, 3.05) is 42.9 Å². The van der Waals surface area contributed by atoms with E-state index in [1.54, 1.807) is 24.4 Å². The molecule has 9 heteroatoms. The molecule has 1 fully saturated rings. The number of hydrogen-bond acceptors (Lipinski definition) is 6. The van der Waals surface area contributed by atoms with Crippen LogP contribution in [-0.2, 0) is 4.79 Å². The molecule has 2 N–H and O–H groups in total. The number of piperazine rings is 1. The molecule has 164 valence electrons. The first-order valence-corrected chi connectivity index (χ1v) is 10.4. The lowest BCUT2D eigenvalue weighted by molar-refractivity contribution is -0.131. The molecule has 1 aromatic heterocycles. The van der Waals surface area contributed by atoms with Crippen LogP contribution in [0, 0.1) is 0 Å². The number of carbonyl (C=O) groups excluding carboxylic acids is 2. The summed E-state index contributed by atoms with van der Waals surface area (Å²) in [5.41, 5.74) is 0.592. The average molecular weight is 425 g/mol. The summed E-state index contributed by atoms with van der Waals surface area (Å²) in [5.74, 6) is 1.48. The van der Waals surface area contributed by atoms with Crippen molar-refractivity contribution in [2.45, 2.75) is 26.1 Å². The Labute approximate surface area is 181 Å². The van der Waals surface area contributed by atoms with Crippen LogP contribution in [0.1, 0.15) is 20.3 Å². The SMILES string of the molecule is CC1(C)Oc2ccc(NC(=O)NCCC(=O)N3CCN(c4ccccn4)CC3)cc2O1. The van der Waals surface area contributed by atoms with Gasteiger partial charge in [0.25, 0.3) is 0 Å². The number of fused-ring (bicyclic) bond motifs is 1. The van der Waals surface area contributed by atoms with Gasteiger partial charge in [0.15, 0.2) is 11.5 Å². The van der Waals surface area contributed by atoms with E-state index in [0.29, 0.717) is 30.3 Å². The molecule has 1 aromatic carbocycles. The predicted molar refractivity (Wildman–Crippen MR) is 116 cm³/mol. The van der Waals surface area contributed by atoms with Gasteiger partial charge < -0.3 is 29.9 Å². The smallest absolute Gasteiger partial charge is 0.319 e. The third-order valence-corrected chi connectivity index (χ3v) is 5.14. The molecule has 0 unspecified atom stereocenters. The maximum absolute atomic E-state index is 12.5. The van der Waals surface area contributed by atoms with Crippen LogP contribution in [0.15, 0.2) is 42.6 Å². The number of rotatable bonds is 5. The maximum atomic E-state index is 12.5. The van der Waals surface area contributed by atoms with Crippen molar-refractivity contribution in [1.29, 1.82) is 0 Å². The van der Waals surface area contributed by atoms with Crippen LogP contribution in [0.5, 0.6) is 11.5 Å². The van der Waals surface area contributed by atoms with Crippen LogP contribution in [0.2, 0.25) is 0 Å². The highest BCUT2D eigenvalue weighted by atomic mass is 16.7. The van der Waals surface area contributed by atoms with Crippen LogP contribution < -0.4 is 25.0 Å². The summed E-state index contributed by atoms with van der Waals surface area (Å²) in [6, 6.07) is 10.7. The largest absolute Gasteiger partial charge is 0.449 e. The van der Waals surface area contributed by atoms with Gasteiger partial charge in [0, 0.05) is 70.9 Å². The predicted octanol–water partition coefficient (Wildman–Crippen LogP) is 2.45. The number of hydrogen-bond donors (Lipinski definition) is 2. The van der Waals surface area contributed by atoms with Crippen LogP contribution in [0.25, 0.3) is 0 Å². The number of nitrogens with zero attached hydrogens (tertiary/aromatic N) is 3. The number of amides is 3. The van der Waals surface area contributed by atoms with E-state index in [2.05, 4.69) is 20.5 Å². The summed E-state index contributed by atoms with van der Waals surface area (Å²) in [5, 5.41) is 5.48. The first-order chi connectivity index (χ1) is 14.9. The first kappa shape index (κ1) is 20.8. The van der Waals surface area contributed by atoms with Gasteiger partial charge >= 0.3 is 6.03 Å². The number of pyridine rings is 1. The number of benzene rings is 1. The van der Waals surface area contributed by atoms with Crippen LogP contribution in [0.3, 0.4) is 0 Å². The highest BCUT2D eigenvalue weighted by molar-refractivity contribution is 5.90. The first-order valence-electron chi connectivity index (χ1n) is 10.4. The van der Waals surface area contributed by atoms with Gasteiger partial charge in [-0.15, -0.1) is 0 Å². The zero-order valence-corrected chi connectivity index (χ0v) is 17.8. The second kappa shape index (κ2) is 8.71. The van der Waals surface area contributed by atoms with Gasteiger partial charge in [0.1, 0.15) is 5.82 Å². The maximum Gasteiger partial charge on any atom is 0.319 e. The van der Waals surface area contributed by atoms with Gasteiger partial charge in [0.05, 0.1) is 0 Å². The van der Waals surface area contributed by atoms with Crippen molar-refractivity contribution in [3.8, 4) is 11.5 Å². The molecule has 1 saturated heterocycles. The Kier molecular flexibility index (Phi) is 5.83. The van der Waals surface area contributed by atoms with E-state index < -0.39 is 5.79 Å². The van der Waals surface area contributed by atoms with Crippen molar-refractivity contribution in [2.24, 2.45) is 0 Å². The Morgan fingerprint density at radius 3 is 2.58 bits per heavy atom. The molecule has 3 amide bonds. The van der Waals surface area contributed by atoms with E-state index in [4.69, 9.17) is 9.47 Å². The van der Waals surface area contributed by atoms with E-state index in [-0.39, 0.29) is 24.9 Å². The number of urea groups is 1. The summed E-state index contributed by atoms with van der Waals surface area (Å²) in [6.07, 6.45) is 2.03. The number of aromatic nitrogens is 1. The Bertz CT molecular complexity index is 942. The fourth-order valence-electron chi connectivity index (χ4n) is 3.64. The van der Waals surface area contributed by atoms with Gasteiger partial charge in [-0.3, -0.25) is 4.79 Å². The van der Waals surface area contributed by atoms with Crippen molar-refractivity contribution in [1.82, 2.24) is 15.2 Å². The monoisotopic (exact) mass is 425 g/mol. The van der Waals surface area contributed by atoms with E-state index in [0.717, 1.165) is 18.9 Å². The Balaban J connectivity index is 1.18. The van der Waals surface area contributed by atoms with Crippen LogP contribution >= 0.6 is 0 Å². The fraction of sp³-hybridized carbons (Fsp3) is 0.409. The Morgan fingerprint density at radius 2 is 1.84 bits per heavy atom. The minimum atomic E-state index is -0.716. The summed E-state index contributed by atoms with van der Waals surface area (Å²) in [6.45, 7) is 6.70. The fourth-order valence-corrected chi connectivity index (χ4v) is 3.64. The summed E-state index contributed by atoms with van der Waals surface area (Å²) in [4.78, 5) is 33.0. The van der Waals surface area contributed by atoms with Crippen molar-refractivity contribution in [3.05, 3.63) is 42.6 Å². The second-order valence-electron chi connectivity index (χ2n) is 7.95. The molecular weight excluding hydrogens is 398 g/mol. The lowest BCUT2D eigenvalue weighted by Crippen LogP contribution is -2.49. The van der Waals surface area contributed by atoms with Gasteiger partial charge in [-0.2, -0.15) is 0 Å². The zero-order valence-electron chi connectivity index (χ0n) is 17.8. The third-order valence-electron chi connectivity index (χ3n) is 5.14. The summed E-state index contributed by atoms with van der Waals surface area (Å²) in [7, 11) is 0. The molecule has 3 heterocycles. The molecule has 0 saturated carbocycles. The second-order valence-corrected chi connectivity index (χ2v) is 7.95. The highest BCUT2D eigenvalue weighted by Gasteiger charge is 2.31. The summed E-state index contributed by atoms with van der Waals surface area (Å²) < 4.78 is 11.3. The van der Waals surface area contributed by atoms with E-state index in [1.165, 1.54) is 0 Å². The normalized spacial score (nSPS) is 16.7. The molecule has 0 radical (unpaired) electrons. The van der Waals surface area contributed by atoms with Crippen molar-refractivity contribution >= 4 is 23.4 Å². The lowest BCUT2D eigenvalue weighted by atomic mass is 10.2.